The minimum Gasteiger partial charge on any atom is -0.394 e. The Morgan fingerprint density at radius 3 is 1.88 bits per heavy atom. The molecule has 0 heterocycles. The van der Waals surface area contributed by atoms with E-state index in [1.807, 2.05) is 52.0 Å². The Morgan fingerprint density at radius 1 is 0.875 bits per heavy atom. The maximum atomic E-state index is 11.7. The number of aliphatic hydroxyl groups excluding tert-OH is 3. The summed E-state index contributed by atoms with van der Waals surface area (Å²) < 4.78 is 0. The van der Waals surface area contributed by atoms with Crippen LogP contribution in [0.15, 0.2) is 36.4 Å². The molecular formula is C26H34O6. The summed E-state index contributed by atoms with van der Waals surface area (Å²) in [5.41, 5.74) is -1.33. The van der Waals surface area contributed by atoms with Gasteiger partial charge in [0.2, 0.25) is 0 Å². The number of rotatable bonds is 6. The Bertz CT molecular complexity index is 1030. The number of hydrogen-bond acceptors (Lipinski definition) is 6. The lowest BCUT2D eigenvalue weighted by molar-refractivity contribution is -0.459. The molecule has 0 saturated heterocycles. The molecule has 0 radical (unpaired) electrons. The van der Waals surface area contributed by atoms with E-state index in [1.54, 1.807) is 12.1 Å². The maximum absolute atomic E-state index is 11.7. The van der Waals surface area contributed by atoms with Crippen molar-refractivity contribution < 1.29 is 30.6 Å². The highest BCUT2D eigenvalue weighted by Gasteiger charge is 2.93. The summed E-state index contributed by atoms with van der Waals surface area (Å²) in [7, 11) is 0. The molecule has 2 aliphatic rings. The molecule has 7 atom stereocenters. The zero-order chi connectivity index (χ0) is 23.6. The van der Waals surface area contributed by atoms with Crippen molar-refractivity contribution in [2.45, 2.75) is 81.4 Å². The van der Waals surface area contributed by atoms with Crippen LogP contribution in [-0.4, -0.2) is 66.3 Å². The van der Waals surface area contributed by atoms with Crippen LogP contribution in [0.1, 0.15) is 59.1 Å². The van der Waals surface area contributed by atoms with Gasteiger partial charge in [-0.05, 0) is 60.1 Å². The van der Waals surface area contributed by atoms with Gasteiger partial charge in [-0.25, -0.2) is 0 Å². The molecule has 6 heteroatoms. The Labute approximate surface area is 188 Å². The predicted octanol–water partition coefficient (Wildman–Crippen LogP) is 1.23. The molecule has 0 amide bonds. The van der Waals surface area contributed by atoms with Crippen LogP contribution in [0, 0.1) is 13.8 Å². The SMILES string of the molecule is CCc1cc(C2C(O)[C@@]3(O)C(c4ccc(C)c(CC)c4)[C@@](O)([C@H](O)CO)[C@@]23O)ccc1C. The van der Waals surface area contributed by atoms with E-state index in [0.717, 1.165) is 35.1 Å². The largest absolute Gasteiger partial charge is 0.394 e. The highest BCUT2D eigenvalue weighted by Crippen LogP contribution is 2.75. The topological polar surface area (TPSA) is 121 Å². The lowest BCUT2D eigenvalue weighted by Gasteiger charge is -2.80. The molecular weight excluding hydrogens is 408 g/mol. The third-order valence-electron chi connectivity index (χ3n) is 8.20. The number of fused-ring (bicyclic) bond motifs is 1. The van der Waals surface area contributed by atoms with E-state index in [9.17, 15) is 30.6 Å². The van der Waals surface area contributed by atoms with Crippen LogP contribution in [0.5, 0.6) is 0 Å². The van der Waals surface area contributed by atoms with Gasteiger partial charge in [0.1, 0.15) is 22.9 Å². The summed E-state index contributed by atoms with van der Waals surface area (Å²) in [6, 6.07) is 10.9. The summed E-state index contributed by atoms with van der Waals surface area (Å²) in [5, 5.41) is 66.7. The molecule has 4 rings (SSSR count). The Balaban J connectivity index is 1.86. The van der Waals surface area contributed by atoms with E-state index in [2.05, 4.69) is 0 Å². The summed E-state index contributed by atoms with van der Waals surface area (Å²) in [5.74, 6) is -2.19. The molecule has 0 bridgehead atoms. The van der Waals surface area contributed by atoms with E-state index in [1.165, 1.54) is 0 Å². The molecule has 2 aromatic carbocycles. The lowest BCUT2D eigenvalue weighted by atomic mass is 9.30. The van der Waals surface area contributed by atoms with Crippen LogP contribution >= 0.6 is 0 Å². The molecule has 0 aromatic heterocycles. The van der Waals surface area contributed by atoms with E-state index in [0.29, 0.717) is 11.1 Å². The molecule has 2 aliphatic carbocycles. The number of benzene rings is 2. The first-order chi connectivity index (χ1) is 15.0. The summed E-state index contributed by atoms with van der Waals surface area (Å²) >= 11 is 0. The van der Waals surface area contributed by atoms with Crippen molar-refractivity contribution in [1.82, 2.24) is 0 Å². The second kappa shape index (κ2) is 7.62. The molecule has 0 aliphatic heterocycles. The number of hydrogen-bond donors (Lipinski definition) is 6. The Kier molecular flexibility index (Phi) is 5.56. The molecule has 3 unspecified atom stereocenters. The predicted molar refractivity (Wildman–Crippen MR) is 121 cm³/mol. The summed E-state index contributed by atoms with van der Waals surface area (Å²) in [4.78, 5) is 0. The first-order valence-corrected chi connectivity index (χ1v) is 11.4. The van der Waals surface area contributed by atoms with Crippen molar-refractivity contribution in [2.24, 2.45) is 0 Å². The van der Waals surface area contributed by atoms with Crippen molar-refractivity contribution in [3.05, 3.63) is 69.8 Å². The minimum atomic E-state index is -2.25. The number of aliphatic hydroxyl groups is 6. The van der Waals surface area contributed by atoms with Crippen LogP contribution < -0.4 is 0 Å². The average Bonchev–Trinajstić information content (AvgIpc) is 2.79. The first-order valence-electron chi connectivity index (χ1n) is 11.4. The van der Waals surface area contributed by atoms with Gasteiger partial charge >= 0.3 is 0 Å². The van der Waals surface area contributed by atoms with Gasteiger partial charge in [0.05, 0.1) is 18.6 Å². The fourth-order valence-electron chi connectivity index (χ4n) is 6.33. The normalized spacial score (nSPS) is 36.8. The zero-order valence-corrected chi connectivity index (χ0v) is 19.1. The molecule has 6 nitrogen and oxygen atoms in total. The first kappa shape index (κ1) is 23.4. The van der Waals surface area contributed by atoms with Gasteiger partial charge in [-0.15, -0.1) is 0 Å². The fraction of sp³-hybridized carbons (Fsp3) is 0.538. The Hall–Kier alpha value is -1.80. The van der Waals surface area contributed by atoms with Crippen molar-refractivity contribution in [3.63, 3.8) is 0 Å². The molecule has 32 heavy (non-hydrogen) atoms. The molecule has 174 valence electrons. The second-order valence-electron chi connectivity index (χ2n) is 9.55. The fourth-order valence-corrected chi connectivity index (χ4v) is 6.33. The number of aryl methyl sites for hydroxylation is 4. The molecule has 6 N–H and O–H groups in total. The van der Waals surface area contributed by atoms with Crippen molar-refractivity contribution in [1.29, 1.82) is 0 Å². The van der Waals surface area contributed by atoms with E-state index in [4.69, 9.17) is 0 Å². The lowest BCUT2D eigenvalue weighted by Crippen LogP contribution is -2.99. The van der Waals surface area contributed by atoms with Crippen LogP contribution in [0.4, 0.5) is 0 Å². The third-order valence-corrected chi connectivity index (χ3v) is 8.20. The van der Waals surface area contributed by atoms with Crippen LogP contribution in [0.2, 0.25) is 0 Å². The molecule has 0 spiro atoms. The zero-order valence-electron chi connectivity index (χ0n) is 19.1. The molecule has 2 saturated carbocycles. The van der Waals surface area contributed by atoms with Gasteiger partial charge in [0.15, 0.2) is 0 Å². The van der Waals surface area contributed by atoms with E-state index >= 15 is 0 Å². The maximum Gasteiger partial charge on any atom is 0.138 e. The monoisotopic (exact) mass is 442 g/mol. The van der Waals surface area contributed by atoms with Crippen molar-refractivity contribution in [2.75, 3.05) is 6.61 Å². The van der Waals surface area contributed by atoms with Gasteiger partial charge in [0, 0.05) is 5.92 Å². The van der Waals surface area contributed by atoms with Crippen LogP contribution in [0.25, 0.3) is 0 Å². The summed E-state index contributed by atoms with van der Waals surface area (Å²) in [6.07, 6.45) is -1.59. The van der Waals surface area contributed by atoms with E-state index in [-0.39, 0.29) is 0 Å². The second-order valence-corrected chi connectivity index (χ2v) is 9.55. The average molecular weight is 443 g/mol. The van der Waals surface area contributed by atoms with Gasteiger partial charge in [-0.1, -0.05) is 50.2 Å². The molecule has 2 fully saturated rings. The third kappa shape index (κ3) is 2.56. The van der Waals surface area contributed by atoms with Gasteiger partial charge in [-0.2, -0.15) is 0 Å². The molecule has 2 aromatic rings. The van der Waals surface area contributed by atoms with Crippen LogP contribution in [-0.2, 0) is 12.8 Å². The highest BCUT2D eigenvalue weighted by atomic mass is 16.5. The van der Waals surface area contributed by atoms with Gasteiger partial charge in [-0.3, -0.25) is 0 Å². The van der Waals surface area contributed by atoms with Crippen molar-refractivity contribution in [3.8, 4) is 0 Å². The quantitative estimate of drug-likeness (QED) is 0.400. The van der Waals surface area contributed by atoms with Crippen molar-refractivity contribution >= 4 is 0 Å². The highest BCUT2D eigenvalue weighted by molar-refractivity contribution is 5.57. The van der Waals surface area contributed by atoms with E-state index < -0.39 is 47.5 Å². The van der Waals surface area contributed by atoms with Crippen LogP contribution in [0.3, 0.4) is 0 Å². The standard InChI is InChI=1S/C26H34O6/c1-5-16-11-18(9-7-14(16)3)21-23(29)25(31)22(19-10-8-15(4)17(6-2)12-19)24(30,20(28)13-27)26(21,25)32/h7-12,20-23,27-32H,5-6,13H2,1-4H3/t20-,21?,22?,23?,24+,25+,26+/m1/s1. The minimum absolute atomic E-state index is 0.505. The van der Waals surface area contributed by atoms with Gasteiger partial charge in [0.25, 0.3) is 0 Å². The Morgan fingerprint density at radius 2 is 1.38 bits per heavy atom. The van der Waals surface area contributed by atoms with Gasteiger partial charge < -0.3 is 30.6 Å². The smallest absolute Gasteiger partial charge is 0.138 e. The summed E-state index contributed by atoms with van der Waals surface area (Å²) in [6.45, 7) is 7.12.